The maximum Gasteiger partial charge on any atom is 0.416 e. The molecule has 0 radical (unpaired) electrons. The fourth-order valence-electron chi connectivity index (χ4n) is 3.04. The predicted octanol–water partition coefficient (Wildman–Crippen LogP) is 5.40. The van der Waals surface area contributed by atoms with Crippen LogP contribution < -0.4 is 0 Å². The number of hydrogen-bond acceptors (Lipinski definition) is 2. The van der Waals surface area contributed by atoms with E-state index in [2.05, 4.69) is 4.98 Å². The summed E-state index contributed by atoms with van der Waals surface area (Å²) in [6.07, 6.45) is -4.44. The van der Waals surface area contributed by atoms with Crippen LogP contribution in [0.5, 0.6) is 0 Å². The van der Waals surface area contributed by atoms with Gasteiger partial charge < -0.3 is 4.90 Å². The van der Waals surface area contributed by atoms with Gasteiger partial charge in [0.15, 0.2) is 0 Å². The maximum absolute atomic E-state index is 13.1. The van der Waals surface area contributed by atoms with Crippen LogP contribution in [0.15, 0.2) is 54.6 Å². The molecule has 3 nitrogen and oxygen atoms in total. The molecule has 0 saturated carbocycles. The van der Waals surface area contributed by atoms with Crippen molar-refractivity contribution in [1.29, 1.82) is 0 Å². The Bertz CT molecular complexity index is 979. The van der Waals surface area contributed by atoms with E-state index in [0.29, 0.717) is 29.7 Å². The second-order valence-corrected chi connectivity index (χ2v) is 6.13. The molecule has 1 heterocycles. The summed E-state index contributed by atoms with van der Waals surface area (Å²) in [5.41, 5.74) is 0.182. The van der Waals surface area contributed by atoms with Crippen molar-refractivity contribution in [2.75, 3.05) is 13.1 Å². The Hall–Kier alpha value is -2.89. The lowest BCUT2D eigenvalue weighted by Gasteiger charge is -2.19. The summed E-state index contributed by atoms with van der Waals surface area (Å²) in [6, 6.07) is 14.0. The topological polar surface area (TPSA) is 33.2 Å². The highest BCUT2D eigenvalue weighted by atomic mass is 19.4. The lowest BCUT2D eigenvalue weighted by Crippen LogP contribution is -2.31. The van der Waals surface area contributed by atoms with Gasteiger partial charge in [0.1, 0.15) is 5.69 Å². The van der Waals surface area contributed by atoms with Gasteiger partial charge in [0.2, 0.25) is 0 Å². The summed E-state index contributed by atoms with van der Waals surface area (Å²) in [5, 5.41) is 1.46. The molecule has 0 saturated heterocycles. The summed E-state index contributed by atoms with van der Waals surface area (Å²) < 4.78 is 39.4. The van der Waals surface area contributed by atoms with E-state index in [1.165, 1.54) is 6.07 Å². The van der Waals surface area contributed by atoms with Crippen molar-refractivity contribution >= 4 is 16.7 Å². The number of hydrogen-bond donors (Lipinski definition) is 0. The van der Waals surface area contributed by atoms with Crippen molar-refractivity contribution in [3.05, 3.63) is 65.9 Å². The Morgan fingerprint density at radius 3 is 2.37 bits per heavy atom. The Balaban J connectivity index is 2.22. The second-order valence-electron chi connectivity index (χ2n) is 6.13. The first-order valence-corrected chi connectivity index (χ1v) is 8.71. The molecule has 0 aliphatic heterocycles. The van der Waals surface area contributed by atoms with E-state index in [1.807, 2.05) is 26.0 Å². The van der Waals surface area contributed by atoms with Gasteiger partial charge in [0.05, 0.1) is 11.3 Å². The molecule has 140 valence electrons. The fraction of sp³-hybridized carbons (Fsp3) is 0.238. The van der Waals surface area contributed by atoms with E-state index in [4.69, 9.17) is 0 Å². The Morgan fingerprint density at radius 1 is 1.00 bits per heavy atom. The highest BCUT2D eigenvalue weighted by Gasteiger charge is 2.30. The second kappa shape index (κ2) is 7.39. The molecule has 1 amide bonds. The van der Waals surface area contributed by atoms with E-state index in [9.17, 15) is 18.0 Å². The zero-order valence-corrected chi connectivity index (χ0v) is 15.0. The Labute approximate surface area is 155 Å². The summed E-state index contributed by atoms with van der Waals surface area (Å²) >= 11 is 0. The Kier molecular flexibility index (Phi) is 5.17. The molecule has 0 atom stereocenters. The van der Waals surface area contributed by atoms with Gasteiger partial charge in [-0.05, 0) is 37.4 Å². The average molecular weight is 372 g/mol. The maximum atomic E-state index is 13.1. The van der Waals surface area contributed by atoms with Crippen molar-refractivity contribution in [1.82, 2.24) is 9.88 Å². The fourth-order valence-corrected chi connectivity index (χ4v) is 3.04. The van der Waals surface area contributed by atoms with Crippen molar-refractivity contribution < 1.29 is 18.0 Å². The first-order valence-electron chi connectivity index (χ1n) is 8.71. The van der Waals surface area contributed by atoms with E-state index >= 15 is 0 Å². The van der Waals surface area contributed by atoms with Crippen LogP contribution in [0.1, 0.15) is 29.9 Å². The number of alkyl halides is 3. The average Bonchev–Trinajstić information content (AvgIpc) is 2.67. The molecule has 2 aromatic carbocycles. The highest BCUT2D eigenvalue weighted by molar-refractivity contribution is 6.01. The van der Waals surface area contributed by atoms with Crippen LogP contribution in [0, 0.1) is 0 Å². The first kappa shape index (κ1) is 18.9. The summed E-state index contributed by atoms with van der Waals surface area (Å²) in [6.45, 7) is 4.80. The van der Waals surface area contributed by atoms with E-state index in [1.54, 1.807) is 29.2 Å². The van der Waals surface area contributed by atoms with E-state index < -0.39 is 11.7 Å². The van der Waals surface area contributed by atoms with Gasteiger partial charge >= 0.3 is 6.18 Å². The number of carbonyl (C=O) groups is 1. The van der Waals surface area contributed by atoms with Crippen LogP contribution in [0.25, 0.3) is 22.0 Å². The lowest BCUT2D eigenvalue weighted by atomic mass is 10.0. The van der Waals surface area contributed by atoms with Gasteiger partial charge in [-0.2, -0.15) is 13.2 Å². The summed E-state index contributed by atoms with van der Waals surface area (Å²) in [7, 11) is 0. The zero-order valence-electron chi connectivity index (χ0n) is 15.0. The minimum Gasteiger partial charge on any atom is -0.338 e. The third-order valence-corrected chi connectivity index (χ3v) is 4.47. The largest absolute Gasteiger partial charge is 0.416 e. The van der Waals surface area contributed by atoms with Crippen LogP contribution in [0.3, 0.4) is 0 Å². The molecule has 0 fully saturated rings. The van der Waals surface area contributed by atoms with Gasteiger partial charge in [0, 0.05) is 24.0 Å². The number of nitrogens with zero attached hydrogens (tertiary/aromatic N) is 2. The van der Waals surface area contributed by atoms with Crippen LogP contribution >= 0.6 is 0 Å². The molecule has 0 N–H and O–H groups in total. The molecule has 0 bridgehead atoms. The molecular weight excluding hydrogens is 353 g/mol. The number of pyridine rings is 1. The summed E-state index contributed by atoms with van der Waals surface area (Å²) in [5.74, 6) is -0.237. The van der Waals surface area contributed by atoms with Crippen LogP contribution in [0.4, 0.5) is 13.2 Å². The standard InChI is InChI=1S/C21H19F3N2O/c1-3-26(4-2)20(27)18-13-14-8-5-6-11-17(14)19(25-18)15-9-7-10-16(12-15)21(22,23)24/h5-13H,3-4H2,1-2H3. The van der Waals surface area contributed by atoms with Crippen LogP contribution in [-0.4, -0.2) is 28.9 Å². The lowest BCUT2D eigenvalue weighted by molar-refractivity contribution is -0.137. The summed E-state index contributed by atoms with van der Waals surface area (Å²) in [4.78, 5) is 18.8. The molecule has 0 spiro atoms. The number of carbonyl (C=O) groups excluding carboxylic acids is 1. The number of benzene rings is 2. The number of rotatable bonds is 4. The monoisotopic (exact) mass is 372 g/mol. The number of fused-ring (bicyclic) bond motifs is 1. The Morgan fingerprint density at radius 2 is 1.70 bits per heavy atom. The SMILES string of the molecule is CCN(CC)C(=O)c1cc2ccccc2c(-c2cccc(C(F)(F)F)c2)n1. The number of amides is 1. The van der Waals surface area contributed by atoms with Gasteiger partial charge in [-0.15, -0.1) is 0 Å². The zero-order chi connectivity index (χ0) is 19.6. The van der Waals surface area contributed by atoms with Gasteiger partial charge in [0.25, 0.3) is 5.91 Å². The number of halogens is 3. The van der Waals surface area contributed by atoms with Crippen molar-refractivity contribution in [2.24, 2.45) is 0 Å². The van der Waals surface area contributed by atoms with Crippen molar-refractivity contribution in [2.45, 2.75) is 20.0 Å². The molecule has 3 aromatic rings. The molecule has 27 heavy (non-hydrogen) atoms. The van der Waals surface area contributed by atoms with Gasteiger partial charge in [-0.1, -0.05) is 36.4 Å². The van der Waals surface area contributed by atoms with Crippen molar-refractivity contribution in [3.63, 3.8) is 0 Å². The molecule has 0 unspecified atom stereocenters. The smallest absolute Gasteiger partial charge is 0.338 e. The minimum absolute atomic E-state index is 0.227. The molecule has 3 rings (SSSR count). The van der Waals surface area contributed by atoms with E-state index in [-0.39, 0.29) is 11.6 Å². The first-order chi connectivity index (χ1) is 12.8. The van der Waals surface area contributed by atoms with Gasteiger partial charge in [-0.25, -0.2) is 4.98 Å². The van der Waals surface area contributed by atoms with Crippen molar-refractivity contribution in [3.8, 4) is 11.3 Å². The molecule has 1 aromatic heterocycles. The quantitative estimate of drug-likeness (QED) is 0.614. The molecule has 6 heteroatoms. The minimum atomic E-state index is -4.44. The number of aromatic nitrogens is 1. The third kappa shape index (κ3) is 3.79. The van der Waals surface area contributed by atoms with Crippen LogP contribution in [0.2, 0.25) is 0 Å². The van der Waals surface area contributed by atoms with Crippen LogP contribution in [-0.2, 0) is 6.18 Å². The third-order valence-electron chi connectivity index (χ3n) is 4.47. The van der Waals surface area contributed by atoms with Gasteiger partial charge in [-0.3, -0.25) is 4.79 Å². The molecule has 0 aliphatic rings. The normalized spacial score (nSPS) is 11.6. The predicted molar refractivity (Wildman–Crippen MR) is 99.4 cm³/mol. The molecule has 0 aliphatic carbocycles. The molecular formula is C21H19F3N2O. The highest BCUT2D eigenvalue weighted by Crippen LogP contribution is 2.34. The van der Waals surface area contributed by atoms with E-state index in [0.717, 1.165) is 17.5 Å².